The van der Waals surface area contributed by atoms with Crippen molar-refractivity contribution < 1.29 is 23.8 Å². The van der Waals surface area contributed by atoms with Crippen molar-refractivity contribution in [2.75, 3.05) is 40.0 Å². The zero-order valence-electron chi connectivity index (χ0n) is 19.4. The summed E-state index contributed by atoms with van der Waals surface area (Å²) in [6.45, 7) is 5.54. The van der Waals surface area contributed by atoms with Gasteiger partial charge in [-0.25, -0.2) is 4.79 Å². The van der Waals surface area contributed by atoms with Gasteiger partial charge in [0.05, 0.1) is 25.4 Å². The number of nitrogens with zero attached hydrogens (tertiary/aromatic N) is 2. The van der Waals surface area contributed by atoms with Crippen LogP contribution in [0.5, 0.6) is 0 Å². The SMILES string of the molecule is CCOC(=O)c1cccc(C(=O)N(C)C2CCC3(CCC2N2CCCCC2)OCCO3)c1. The van der Waals surface area contributed by atoms with Crippen molar-refractivity contribution in [1.29, 1.82) is 0 Å². The van der Waals surface area contributed by atoms with E-state index < -0.39 is 11.8 Å². The Morgan fingerprint density at radius 2 is 1.78 bits per heavy atom. The third kappa shape index (κ3) is 5.00. The molecule has 3 aliphatic rings. The summed E-state index contributed by atoms with van der Waals surface area (Å²) in [6.07, 6.45) is 7.14. The number of likely N-dealkylation sites (tertiary alicyclic amines) is 1. The number of likely N-dealkylation sites (N-methyl/N-ethyl adjacent to an activating group) is 1. The van der Waals surface area contributed by atoms with Gasteiger partial charge in [0.15, 0.2) is 5.79 Å². The van der Waals surface area contributed by atoms with Crippen LogP contribution in [0.3, 0.4) is 0 Å². The van der Waals surface area contributed by atoms with Gasteiger partial charge in [-0.1, -0.05) is 12.5 Å². The molecule has 0 N–H and O–H groups in total. The van der Waals surface area contributed by atoms with Gasteiger partial charge < -0.3 is 19.1 Å². The highest BCUT2D eigenvalue weighted by molar-refractivity contribution is 5.98. The third-order valence-corrected chi connectivity index (χ3v) is 7.20. The number of carbonyl (C=O) groups excluding carboxylic acids is 2. The van der Waals surface area contributed by atoms with Crippen molar-refractivity contribution in [3.63, 3.8) is 0 Å². The Balaban J connectivity index is 1.55. The van der Waals surface area contributed by atoms with E-state index in [0.717, 1.165) is 38.8 Å². The van der Waals surface area contributed by atoms with Gasteiger partial charge in [-0.05, 0) is 63.9 Å². The molecule has 1 saturated carbocycles. The lowest BCUT2D eigenvalue weighted by Crippen LogP contribution is -2.53. The topological polar surface area (TPSA) is 68.3 Å². The maximum absolute atomic E-state index is 13.5. The number of ether oxygens (including phenoxy) is 3. The molecule has 7 heteroatoms. The van der Waals surface area contributed by atoms with Gasteiger partial charge in [0.2, 0.25) is 0 Å². The summed E-state index contributed by atoms with van der Waals surface area (Å²) in [4.78, 5) is 30.1. The van der Waals surface area contributed by atoms with Gasteiger partial charge in [-0.3, -0.25) is 9.69 Å². The van der Waals surface area contributed by atoms with E-state index in [9.17, 15) is 9.59 Å². The van der Waals surface area contributed by atoms with Crippen molar-refractivity contribution in [2.45, 2.75) is 69.7 Å². The number of hydrogen-bond acceptors (Lipinski definition) is 6. The average Bonchev–Trinajstić information content (AvgIpc) is 3.21. The van der Waals surface area contributed by atoms with E-state index in [1.54, 1.807) is 31.2 Å². The molecule has 1 aromatic rings. The van der Waals surface area contributed by atoms with Crippen LogP contribution in [0.2, 0.25) is 0 Å². The number of hydrogen-bond donors (Lipinski definition) is 0. The van der Waals surface area contributed by atoms with Gasteiger partial charge >= 0.3 is 5.97 Å². The smallest absolute Gasteiger partial charge is 0.338 e. The van der Waals surface area contributed by atoms with Crippen LogP contribution >= 0.6 is 0 Å². The fourth-order valence-corrected chi connectivity index (χ4v) is 5.51. The van der Waals surface area contributed by atoms with E-state index in [1.165, 1.54) is 19.3 Å². The van der Waals surface area contributed by atoms with E-state index in [0.29, 0.717) is 30.9 Å². The quantitative estimate of drug-likeness (QED) is 0.648. The summed E-state index contributed by atoms with van der Waals surface area (Å²) in [7, 11) is 1.90. The molecule has 2 unspecified atom stereocenters. The molecule has 1 aromatic carbocycles. The predicted octanol–water partition coefficient (Wildman–Crippen LogP) is 3.48. The lowest BCUT2D eigenvalue weighted by molar-refractivity contribution is -0.166. The zero-order valence-corrected chi connectivity index (χ0v) is 19.4. The fourth-order valence-electron chi connectivity index (χ4n) is 5.51. The van der Waals surface area contributed by atoms with Crippen molar-refractivity contribution in [3.05, 3.63) is 35.4 Å². The first-order chi connectivity index (χ1) is 15.5. The summed E-state index contributed by atoms with van der Waals surface area (Å²) in [6, 6.07) is 7.21. The van der Waals surface area contributed by atoms with E-state index in [-0.39, 0.29) is 18.0 Å². The van der Waals surface area contributed by atoms with Crippen LogP contribution in [0.1, 0.15) is 72.6 Å². The lowest BCUT2D eigenvalue weighted by atomic mass is 9.96. The summed E-state index contributed by atoms with van der Waals surface area (Å²) in [5.74, 6) is -0.952. The number of benzene rings is 1. The average molecular weight is 445 g/mol. The fraction of sp³-hybridized carbons (Fsp3) is 0.680. The summed E-state index contributed by atoms with van der Waals surface area (Å²) >= 11 is 0. The summed E-state index contributed by atoms with van der Waals surface area (Å²) in [5.41, 5.74) is 0.925. The number of piperidine rings is 1. The van der Waals surface area contributed by atoms with E-state index in [1.807, 2.05) is 11.9 Å². The van der Waals surface area contributed by atoms with Crippen molar-refractivity contribution in [2.24, 2.45) is 0 Å². The Morgan fingerprint density at radius 3 is 2.50 bits per heavy atom. The molecule has 1 amide bonds. The minimum absolute atomic E-state index is 0.0626. The van der Waals surface area contributed by atoms with Crippen molar-refractivity contribution in [3.8, 4) is 0 Å². The predicted molar refractivity (Wildman–Crippen MR) is 121 cm³/mol. The first kappa shape index (κ1) is 23.2. The van der Waals surface area contributed by atoms with Crippen LogP contribution < -0.4 is 0 Å². The molecule has 3 fully saturated rings. The molecule has 7 nitrogen and oxygen atoms in total. The Bertz CT molecular complexity index is 801. The molecular weight excluding hydrogens is 408 g/mol. The molecule has 0 radical (unpaired) electrons. The van der Waals surface area contributed by atoms with Gasteiger partial charge in [-0.2, -0.15) is 0 Å². The van der Waals surface area contributed by atoms with Gasteiger partial charge in [0.1, 0.15) is 0 Å². The van der Waals surface area contributed by atoms with Crippen LogP contribution in [0.25, 0.3) is 0 Å². The molecule has 1 aliphatic carbocycles. The lowest BCUT2D eigenvalue weighted by Gasteiger charge is -2.42. The highest BCUT2D eigenvalue weighted by Gasteiger charge is 2.44. The van der Waals surface area contributed by atoms with Crippen molar-refractivity contribution >= 4 is 11.9 Å². The zero-order chi connectivity index (χ0) is 22.6. The number of rotatable bonds is 5. The summed E-state index contributed by atoms with van der Waals surface area (Å²) in [5, 5.41) is 0. The highest BCUT2D eigenvalue weighted by Crippen LogP contribution is 2.38. The monoisotopic (exact) mass is 444 g/mol. The molecule has 32 heavy (non-hydrogen) atoms. The first-order valence-electron chi connectivity index (χ1n) is 12.1. The third-order valence-electron chi connectivity index (χ3n) is 7.20. The minimum Gasteiger partial charge on any atom is -0.462 e. The number of carbonyl (C=O) groups is 2. The van der Waals surface area contributed by atoms with Gasteiger partial charge in [0.25, 0.3) is 5.91 Å². The van der Waals surface area contributed by atoms with Crippen LogP contribution in [0, 0.1) is 0 Å². The second-order valence-corrected chi connectivity index (χ2v) is 9.13. The van der Waals surface area contributed by atoms with Gasteiger partial charge in [-0.15, -0.1) is 0 Å². The van der Waals surface area contributed by atoms with Crippen LogP contribution in [-0.2, 0) is 14.2 Å². The maximum Gasteiger partial charge on any atom is 0.338 e. The molecular formula is C25H36N2O5. The van der Waals surface area contributed by atoms with E-state index in [4.69, 9.17) is 14.2 Å². The molecule has 1 spiro atoms. The Kier molecular flexibility index (Phi) is 7.48. The Labute approximate surface area is 191 Å². The molecule has 2 heterocycles. The molecule has 176 valence electrons. The Hall–Kier alpha value is -1.96. The molecule has 0 bridgehead atoms. The van der Waals surface area contributed by atoms with Crippen molar-refractivity contribution in [1.82, 2.24) is 9.80 Å². The summed E-state index contributed by atoms with van der Waals surface area (Å²) < 4.78 is 17.2. The Morgan fingerprint density at radius 1 is 1.09 bits per heavy atom. The van der Waals surface area contributed by atoms with E-state index in [2.05, 4.69) is 4.90 Å². The highest BCUT2D eigenvalue weighted by atomic mass is 16.7. The molecule has 2 aliphatic heterocycles. The second-order valence-electron chi connectivity index (χ2n) is 9.13. The van der Waals surface area contributed by atoms with Gasteiger partial charge in [0, 0.05) is 37.5 Å². The second kappa shape index (κ2) is 10.3. The van der Waals surface area contributed by atoms with Crippen LogP contribution in [0.4, 0.5) is 0 Å². The normalized spacial score (nSPS) is 25.9. The minimum atomic E-state index is -0.490. The number of esters is 1. The number of amides is 1. The van der Waals surface area contributed by atoms with E-state index >= 15 is 0 Å². The molecule has 2 saturated heterocycles. The molecule has 4 rings (SSSR count). The molecule has 2 atom stereocenters. The first-order valence-corrected chi connectivity index (χ1v) is 12.1. The largest absolute Gasteiger partial charge is 0.462 e. The standard InChI is InChI=1S/C25H36N2O5/c1-3-30-24(29)20-9-7-8-19(18-20)23(28)26(2)21-10-12-25(31-16-17-32-25)13-11-22(21)27-14-5-4-6-15-27/h7-9,18,21-22H,3-6,10-17H2,1-2H3. The van der Waals surface area contributed by atoms with Crippen LogP contribution in [0.15, 0.2) is 24.3 Å². The maximum atomic E-state index is 13.5. The van der Waals surface area contributed by atoms with Crippen LogP contribution in [-0.4, -0.2) is 79.5 Å². The molecule has 0 aromatic heterocycles.